The summed E-state index contributed by atoms with van der Waals surface area (Å²) in [6.07, 6.45) is 3.66. The predicted octanol–water partition coefficient (Wildman–Crippen LogP) is 25.7. The first-order valence-electron chi connectivity index (χ1n) is 36.4. The topological polar surface area (TPSA) is 103 Å². The Hall–Kier alpha value is -14.6. The molecule has 8 heteroatoms. The SMILES string of the molecule is c1ccc2c(-c3ccc4cc(-c5ccc6nc(-c7ccc8cc(-c9ccc%10ccc%11cccnc%11c%10n9)ccc8c7)ccc6c5)ccc4n3)cccc2c1.c1ccc2cc(-c3ccc4cc(-c5ccc6nc(-c7ccc8cc(-c9ccc%10ccc%11cccnc%11c%10n9)ccc8c7)ccc6c5)ccc4n3)ccc2c1. The maximum absolute atomic E-state index is 5.09. The minimum absolute atomic E-state index is 0.928. The van der Waals surface area contributed by atoms with Crippen LogP contribution in [0.15, 0.2) is 364 Å². The number of rotatable bonds is 8. The van der Waals surface area contributed by atoms with E-state index in [1.165, 1.54) is 21.5 Å². The number of aromatic nitrogens is 8. The summed E-state index contributed by atoms with van der Waals surface area (Å²) >= 11 is 0. The van der Waals surface area contributed by atoms with Gasteiger partial charge in [0.2, 0.25) is 0 Å². The first kappa shape index (κ1) is 62.0. The molecule has 0 amide bonds. The van der Waals surface area contributed by atoms with Gasteiger partial charge >= 0.3 is 0 Å². The van der Waals surface area contributed by atoms with Crippen LogP contribution in [-0.4, -0.2) is 39.9 Å². The van der Waals surface area contributed by atoms with Crippen LogP contribution in [0.3, 0.4) is 0 Å². The molecule has 22 aromatic rings. The standard InChI is InChI=1S/2C50H30N4/c1-2-8-42-31(5-1)6-3-9-43(42)48-25-20-41-30-37(18-23-46(41)53-48)36-17-22-44-40(29-36)19-24-45(52-44)38-14-12-35-28-39(15-13-34(35)27-38)47-21-16-33-11-10-32-7-4-26-51-49(32)50(33)54-47;1-2-5-34-26-39(12-7-31(34)4-1)46-23-18-42-29-37(16-21-44(42)52-46)38-17-22-45-43(30-38)19-24-47(53-45)40-13-10-36-28-41(14-11-35(36)27-40)48-20-15-33-9-8-32-6-3-25-51-49(32)50(33)54-48/h2*1-30H. The molecule has 0 saturated carbocycles. The van der Waals surface area contributed by atoms with Crippen LogP contribution < -0.4 is 0 Å². The molecule has 0 spiro atoms. The average Bonchev–Trinajstić information content (AvgIpc) is 0.790. The molecule has 8 nitrogen and oxygen atoms in total. The van der Waals surface area contributed by atoms with Gasteiger partial charge in [-0.2, -0.15) is 0 Å². The largest absolute Gasteiger partial charge is 0.254 e. The summed E-state index contributed by atoms with van der Waals surface area (Å²) < 4.78 is 0. The van der Waals surface area contributed by atoms with Crippen molar-refractivity contribution in [1.29, 1.82) is 0 Å². The molecule has 22 rings (SSSR count). The minimum atomic E-state index is 0.928. The summed E-state index contributed by atoms with van der Waals surface area (Å²) in [6, 6.07) is 124. The lowest BCUT2D eigenvalue weighted by Crippen LogP contribution is -1.89. The predicted molar refractivity (Wildman–Crippen MR) is 449 cm³/mol. The second-order valence-electron chi connectivity index (χ2n) is 27.9. The molecule has 0 saturated heterocycles. The molecular weight excluding hydrogens is 1310 g/mol. The summed E-state index contributed by atoms with van der Waals surface area (Å²) in [5.41, 5.74) is 24.6. The van der Waals surface area contributed by atoms with E-state index in [4.69, 9.17) is 29.9 Å². The second kappa shape index (κ2) is 25.7. The van der Waals surface area contributed by atoms with Crippen molar-refractivity contribution in [2.24, 2.45) is 0 Å². The zero-order chi connectivity index (χ0) is 71.2. The average molecular weight is 1370 g/mol. The van der Waals surface area contributed by atoms with Gasteiger partial charge in [0, 0.05) is 88.9 Å². The highest BCUT2D eigenvalue weighted by molar-refractivity contribution is 6.06. The number of benzene rings is 14. The number of nitrogens with zero attached hydrogens (tertiary/aromatic N) is 8. The highest BCUT2D eigenvalue weighted by atomic mass is 14.8. The lowest BCUT2D eigenvalue weighted by Gasteiger charge is -2.10. The van der Waals surface area contributed by atoms with Crippen LogP contribution >= 0.6 is 0 Å². The summed E-state index contributed by atoms with van der Waals surface area (Å²) in [7, 11) is 0. The molecule has 0 aliphatic carbocycles. The zero-order valence-corrected chi connectivity index (χ0v) is 58.2. The quantitative estimate of drug-likeness (QED) is 0.139. The fraction of sp³-hybridized carbons (Fsp3) is 0. The van der Waals surface area contributed by atoms with Gasteiger partial charge in [-0.1, -0.05) is 224 Å². The molecule has 0 N–H and O–H groups in total. The molecule has 0 aliphatic rings. The summed E-state index contributed by atoms with van der Waals surface area (Å²) in [5.74, 6) is 0. The van der Waals surface area contributed by atoms with Crippen LogP contribution in [-0.2, 0) is 0 Å². The lowest BCUT2D eigenvalue weighted by molar-refractivity contribution is 1.37. The Morgan fingerprint density at radius 2 is 0.417 bits per heavy atom. The van der Waals surface area contributed by atoms with E-state index in [0.717, 1.165) is 199 Å². The second-order valence-corrected chi connectivity index (χ2v) is 27.9. The van der Waals surface area contributed by atoms with Crippen molar-refractivity contribution in [3.8, 4) is 89.8 Å². The van der Waals surface area contributed by atoms with Gasteiger partial charge in [-0.15, -0.1) is 0 Å². The van der Waals surface area contributed by atoms with Crippen molar-refractivity contribution in [1.82, 2.24) is 39.9 Å². The van der Waals surface area contributed by atoms with Crippen molar-refractivity contribution in [3.63, 3.8) is 0 Å². The molecule has 0 unspecified atom stereocenters. The van der Waals surface area contributed by atoms with Crippen molar-refractivity contribution in [3.05, 3.63) is 364 Å². The molecule has 0 fully saturated rings. The van der Waals surface area contributed by atoms with Crippen LogP contribution in [0.25, 0.3) is 220 Å². The fourth-order valence-corrected chi connectivity index (χ4v) is 15.5. The normalized spacial score (nSPS) is 11.7. The Morgan fingerprint density at radius 3 is 0.833 bits per heavy atom. The third-order valence-corrected chi connectivity index (χ3v) is 21.3. The van der Waals surface area contributed by atoms with Crippen molar-refractivity contribution in [2.45, 2.75) is 0 Å². The van der Waals surface area contributed by atoms with E-state index in [9.17, 15) is 0 Å². The van der Waals surface area contributed by atoms with Gasteiger partial charge in [0.05, 0.1) is 78.3 Å². The smallest absolute Gasteiger partial charge is 0.0972 e. The highest BCUT2D eigenvalue weighted by Gasteiger charge is 2.15. The molecule has 500 valence electrons. The summed E-state index contributed by atoms with van der Waals surface area (Å²) in [6.45, 7) is 0. The Bertz CT molecular complexity index is 7460. The number of hydrogen-bond donors (Lipinski definition) is 0. The Kier molecular flexibility index (Phi) is 14.7. The molecule has 0 atom stereocenters. The van der Waals surface area contributed by atoms with Crippen molar-refractivity contribution < 1.29 is 0 Å². The third kappa shape index (κ3) is 11.4. The first-order valence-corrected chi connectivity index (χ1v) is 36.4. The van der Waals surface area contributed by atoms with Gasteiger partial charge in [0.15, 0.2) is 0 Å². The first-order chi connectivity index (χ1) is 53.4. The van der Waals surface area contributed by atoms with E-state index in [2.05, 4.69) is 350 Å². The van der Waals surface area contributed by atoms with Gasteiger partial charge < -0.3 is 0 Å². The number of pyridine rings is 8. The van der Waals surface area contributed by atoms with Crippen molar-refractivity contribution in [2.75, 3.05) is 0 Å². The minimum Gasteiger partial charge on any atom is -0.254 e. The zero-order valence-electron chi connectivity index (χ0n) is 58.2. The van der Waals surface area contributed by atoms with Gasteiger partial charge in [-0.25, -0.2) is 29.9 Å². The Balaban J connectivity index is 0.000000138. The molecule has 8 heterocycles. The highest BCUT2D eigenvalue weighted by Crippen LogP contribution is 2.38. The van der Waals surface area contributed by atoms with Gasteiger partial charge in [0.25, 0.3) is 0 Å². The van der Waals surface area contributed by atoms with Crippen LogP contribution in [0.2, 0.25) is 0 Å². The molecule has 8 aromatic heterocycles. The van der Waals surface area contributed by atoms with Crippen molar-refractivity contribution >= 4 is 130 Å². The van der Waals surface area contributed by atoms with E-state index in [0.29, 0.717) is 0 Å². The number of hydrogen-bond acceptors (Lipinski definition) is 8. The van der Waals surface area contributed by atoms with Gasteiger partial charge in [-0.05, 0) is 193 Å². The summed E-state index contributed by atoms with van der Waals surface area (Å²) in [5, 5.41) is 18.4. The van der Waals surface area contributed by atoms with E-state index >= 15 is 0 Å². The number of fused-ring (bicyclic) bond motifs is 14. The van der Waals surface area contributed by atoms with Gasteiger partial charge in [-0.3, -0.25) is 9.97 Å². The molecule has 108 heavy (non-hydrogen) atoms. The van der Waals surface area contributed by atoms with E-state index in [1.807, 2.05) is 24.5 Å². The maximum atomic E-state index is 5.09. The van der Waals surface area contributed by atoms with E-state index < -0.39 is 0 Å². The fourth-order valence-electron chi connectivity index (χ4n) is 15.5. The van der Waals surface area contributed by atoms with Crippen LogP contribution in [0, 0.1) is 0 Å². The molecule has 0 bridgehead atoms. The van der Waals surface area contributed by atoms with E-state index in [-0.39, 0.29) is 0 Å². The van der Waals surface area contributed by atoms with Crippen LogP contribution in [0.1, 0.15) is 0 Å². The van der Waals surface area contributed by atoms with E-state index in [1.54, 1.807) is 0 Å². The lowest BCUT2D eigenvalue weighted by atomic mass is 9.98. The molecule has 0 radical (unpaired) electrons. The van der Waals surface area contributed by atoms with Crippen LogP contribution in [0.5, 0.6) is 0 Å². The maximum Gasteiger partial charge on any atom is 0.0972 e. The monoisotopic (exact) mass is 1370 g/mol. The Morgan fingerprint density at radius 1 is 0.148 bits per heavy atom. The molecule has 14 aromatic carbocycles. The van der Waals surface area contributed by atoms with Crippen LogP contribution in [0.4, 0.5) is 0 Å². The summed E-state index contributed by atoms with van der Waals surface area (Å²) in [4.78, 5) is 39.6. The van der Waals surface area contributed by atoms with Gasteiger partial charge in [0.1, 0.15) is 0 Å². The third-order valence-electron chi connectivity index (χ3n) is 21.3. The Labute approximate surface area is 620 Å². The molecular formula is C100H60N8. The molecule has 0 aliphatic heterocycles.